The quantitative estimate of drug-likeness (QED) is 0.763. The highest BCUT2D eigenvalue weighted by molar-refractivity contribution is 5.27. The van der Waals surface area contributed by atoms with E-state index in [2.05, 4.69) is 0 Å². The Bertz CT molecular complexity index is 344. The van der Waals surface area contributed by atoms with Crippen LogP contribution in [0, 0.1) is 5.82 Å². The van der Waals surface area contributed by atoms with Gasteiger partial charge in [0.15, 0.2) is 0 Å². The van der Waals surface area contributed by atoms with Gasteiger partial charge in [-0.15, -0.1) is 0 Å². The van der Waals surface area contributed by atoms with Crippen LogP contribution in [-0.2, 0) is 12.6 Å². The maximum atomic E-state index is 12.8. The van der Waals surface area contributed by atoms with Crippen LogP contribution in [0.1, 0.15) is 18.1 Å². The first-order valence-electron chi connectivity index (χ1n) is 4.34. The molecule has 0 aliphatic carbocycles. The number of aliphatic hydroxyl groups excluding tert-OH is 1. The highest BCUT2D eigenvalue weighted by Crippen LogP contribution is 2.32. The Morgan fingerprint density at radius 3 is 2.40 bits per heavy atom. The highest BCUT2D eigenvalue weighted by Gasteiger charge is 2.34. The maximum absolute atomic E-state index is 12.8. The summed E-state index contributed by atoms with van der Waals surface area (Å²) in [6.07, 6.45) is -5.38. The van der Waals surface area contributed by atoms with Gasteiger partial charge in [-0.2, -0.15) is 13.2 Å². The summed E-state index contributed by atoms with van der Waals surface area (Å²) in [4.78, 5) is 0. The molecule has 0 fully saturated rings. The third kappa shape index (κ3) is 3.20. The lowest BCUT2D eigenvalue weighted by molar-refractivity contribution is -0.140. The zero-order valence-electron chi connectivity index (χ0n) is 7.98. The summed E-state index contributed by atoms with van der Waals surface area (Å²) in [6, 6.07) is 2.72. The van der Waals surface area contributed by atoms with Crippen molar-refractivity contribution >= 4 is 0 Å². The van der Waals surface area contributed by atoms with Gasteiger partial charge < -0.3 is 5.11 Å². The summed E-state index contributed by atoms with van der Waals surface area (Å²) in [5.74, 6) is -1.29. The van der Waals surface area contributed by atoms with Crippen molar-refractivity contribution in [3.63, 3.8) is 0 Å². The first kappa shape index (κ1) is 12.0. The molecule has 0 heterocycles. The minimum atomic E-state index is -4.70. The second-order valence-electron chi connectivity index (χ2n) is 3.37. The molecule has 1 atom stereocenters. The van der Waals surface area contributed by atoms with Gasteiger partial charge in [0.05, 0.1) is 11.7 Å². The van der Waals surface area contributed by atoms with E-state index in [9.17, 15) is 17.6 Å². The van der Waals surface area contributed by atoms with E-state index >= 15 is 0 Å². The zero-order chi connectivity index (χ0) is 11.6. The molecule has 0 radical (unpaired) electrons. The van der Waals surface area contributed by atoms with Crippen molar-refractivity contribution in [3.05, 3.63) is 35.1 Å². The molecule has 0 saturated heterocycles. The van der Waals surface area contributed by atoms with Gasteiger partial charge in [0.2, 0.25) is 0 Å². The van der Waals surface area contributed by atoms with E-state index in [0.29, 0.717) is 0 Å². The molecule has 1 unspecified atom stereocenters. The van der Waals surface area contributed by atoms with Gasteiger partial charge in [-0.1, -0.05) is 6.07 Å². The standard InChI is InChI=1S/C10H10F4O/c1-6(15)4-7-2-3-9(11)8(5-7)10(12,13)14/h2-3,5-6,15H,4H2,1H3. The summed E-state index contributed by atoms with van der Waals surface area (Å²) >= 11 is 0. The van der Waals surface area contributed by atoms with Crippen molar-refractivity contribution in [2.75, 3.05) is 0 Å². The molecule has 84 valence electrons. The zero-order valence-corrected chi connectivity index (χ0v) is 7.98. The molecule has 0 amide bonds. The van der Waals surface area contributed by atoms with Crippen LogP contribution < -0.4 is 0 Å². The predicted molar refractivity (Wildman–Crippen MR) is 46.8 cm³/mol. The van der Waals surface area contributed by atoms with Gasteiger partial charge in [0.1, 0.15) is 5.82 Å². The Morgan fingerprint density at radius 2 is 1.93 bits per heavy atom. The molecular weight excluding hydrogens is 212 g/mol. The van der Waals surface area contributed by atoms with Gasteiger partial charge in [-0.25, -0.2) is 4.39 Å². The molecule has 1 rings (SSSR count). The number of hydrogen-bond donors (Lipinski definition) is 1. The van der Waals surface area contributed by atoms with E-state index in [-0.39, 0.29) is 12.0 Å². The lowest BCUT2D eigenvalue weighted by Gasteiger charge is -2.10. The number of rotatable bonds is 2. The SMILES string of the molecule is CC(O)Cc1ccc(F)c(C(F)(F)F)c1. The third-order valence-corrected chi connectivity index (χ3v) is 1.87. The van der Waals surface area contributed by atoms with Crippen molar-refractivity contribution in [2.45, 2.75) is 25.6 Å². The fraction of sp³-hybridized carbons (Fsp3) is 0.400. The van der Waals surface area contributed by atoms with Gasteiger partial charge in [-0.3, -0.25) is 0 Å². The Labute approximate surface area is 84.3 Å². The van der Waals surface area contributed by atoms with E-state index in [1.165, 1.54) is 13.0 Å². The molecule has 0 saturated carbocycles. The molecule has 0 aliphatic heterocycles. The van der Waals surface area contributed by atoms with Gasteiger partial charge >= 0.3 is 6.18 Å². The molecule has 1 aromatic carbocycles. The molecule has 1 N–H and O–H groups in total. The average Bonchev–Trinajstić information content (AvgIpc) is 2.05. The van der Waals surface area contributed by atoms with Crippen LogP contribution in [0.4, 0.5) is 17.6 Å². The Morgan fingerprint density at radius 1 is 1.33 bits per heavy atom. The fourth-order valence-corrected chi connectivity index (χ4v) is 1.26. The van der Waals surface area contributed by atoms with Crippen LogP contribution in [0.2, 0.25) is 0 Å². The van der Waals surface area contributed by atoms with E-state index in [1.54, 1.807) is 0 Å². The topological polar surface area (TPSA) is 20.2 Å². The number of halogens is 4. The fourth-order valence-electron chi connectivity index (χ4n) is 1.26. The molecule has 1 nitrogen and oxygen atoms in total. The number of benzene rings is 1. The molecule has 0 aromatic heterocycles. The Hall–Kier alpha value is -1.10. The second kappa shape index (κ2) is 4.18. The Balaban J connectivity index is 3.06. The van der Waals surface area contributed by atoms with Crippen molar-refractivity contribution in [2.24, 2.45) is 0 Å². The lowest BCUT2D eigenvalue weighted by atomic mass is 10.0. The first-order chi connectivity index (χ1) is 6.80. The summed E-state index contributed by atoms with van der Waals surface area (Å²) in [6.45, 7) is 1.45. The van der Waals surface area contributed by atoms with Crippen molar-refractivity contribution in [3.8, 4) is 0 Å². The molecule has 1 aromatic rings. The van der Waals surface area contributed by atoms with E-state index in [1.807, 2.05) is 0 Å². The number of alkyl halides is 3. The summed E-state index contributed by atoms with van der Waals surface area (Å²) < 4.78 is 49.6. The predicted octanol–water partition coefficient (Wildman–Crippen LogP) is 2.77. The summed E-state index contributed by atoms with van der Waals surface area (Å²) in [5.41, 5.74) is -1.03. The molecule has 15 heavy (non-hydrogen) atoms. The third-order valence-electron chi connectivity index (χ3n) is 1.87. The van der Waals surface area contributed by atoms with E-state index in [4.69, 9.17) is 5.11 Å². The lowest BCUT2D eigenvalue weighted by Crippen LogP contribution is -2.11. The van der Waals surface area contributed by atoms with Crippen molar-refractivity contribution in [1.82, 2.24) is 0 Å². The first-order valence-corrected chi connectivity index (χ1v) is 4.34. The van der Waals surface area contributed by atoms with Crippen LogP contribution in [-0.4, -0.2) is 11.2 Å². The van der Waals surface area contributed by atoms with Gasteiger partial charge in [0.25, 0.3) is 0 Å². The van der Waals surface area contributed by atoms with Crippen LogP contribution in [0.15, 0.2) is 18.2 Å². The second-order valence-corrected chi connectivity index (χ2v) is 3.37. The molecule has 0 spiro atoms. The average molecular weight is 222 g/mol. The molecular formula is C10H10F4O. The van der Waals surface area contributed by atoms with Crippen LogP contribution >= 0.6 is 0 Å². The van der Waals surface area contributed by atoms with Crippen molar-refractivity contribution in [1.29, 1.82) is 0 Å². The number of hydrogen-bond acceptors (Lipinski definition) is 1. The summed E-state index contributed by atoms with van der Waals surface area (Å²) in [7, 11) is 0. The minimum Gasteiger partial charge on any atom is -0.393 e. The summed E-state index contributed by atoms with van der Waals surface area (Å²) in [5, 5.41) is 8.99. The van der Waals surface area contributed by atoms with E-state index in [0.717, 1.165) is 12.1 Å². The van der Waals surface area contributed by atoms with Crippen LogP contribution in [0.25, 0.3) is 0 Å². The smallest absolute Gasteiger partial charge is 0.393 e. The van der Waals surface area contributed by atoms with E-state index < -0.39 is 23.7 Å². The number of aliphatic hydroxyl groups is 1. The van der Waals surface area contributed by atoms with Gasteiger partial charge in [-0.05, 0) is 31.0 Å². The van der Waals surface area contributed by atoms with Crippen molar-refractivity contribution < 1.29 is 22.7 Å². The van der Waals surface area contributed by atoms with Gasteiger partial charge in [0, 0.05) is 0 Å². The highest BCUT2D eigenvalue weighted by atomic mass is 19.4. The molecule has 0 bridgehead atoms. The van der Waals surface area contributed by atoms with Crippen LogP contribution in [0.3, 0.4) is 0 Å². The minimum absolute atomic E-state index is 0.0728. The maximum Gasteiger partial charge on any atom is 0.419 e. The molecule has 0 aliphatic rings. The Kier molecular flexibility index (Phi) is 3.34. The normalized spacial score (nSPS) is 14.0. The largest absolute Gasteiger partial charge is 0.419 e. The monoisotopic (exact) mass is 222 g/mol. The molecule has 5 heteroatoms. The van der Waals surface area contributed by atoms with Crippen LogP contribution in [0.5, 0.6) is 0 Å².